The first-order chi connectivity index (χ1) is 16.9. The Hall–Kier alpha value is -2.58. The lowest BCUT2D eigenvalue weighted by Gasteiger charge is -2.41. The molecule has 0 N–H and O–H groups in total. The van der Waals surface area contributed by atoms with Crippen LogP contribution in [0.15, 0.2) is 54.6 Å². The molecular weight excluding hydrogens is 455 g/mol. The molecule has 0 bridgehead atoms. The molecule has 2 aromatic rings. The predicted octanol–water partition coefficient (Wildman–Crippen LogP) is 4.82. The summed E-state index contributed by atoms with van der Waals surface area (Å²) in [4.78, 5) is 19.6. The van der Waals surface area contributed by atoms with Crippen molar-refractivity contribution in [2.45, 2.75) is 44.5 Å². The van der Waals surface area contributed by atoms with Crippen molar-refractivity contribution < 1.29 is 22.7 Å². The molecule has 2 aromatic carbocycles. The fourth-order valence-electron chi connectivity index (χ4n) is 4.93. The Balaban J connectivity index is 1.30. The molecule has 0 saturated carbocycles. The molecule has 1 atom stereocenters. The lowest BCUT2D eigenvalue weighted by molar-refractivity contribution is -0.146. The number of piperazine rings is 1. The summed E-state index contributed by atoms with van der Waals surface area (Å²) < 4.78 is 44.1. The standard InChI is InChI=1S/C27H34F3N3O2/c28-27(29,30)23-9-11-24(12-10-23)33-17-15-31(16-18-33)20-25(32-13-5-2-6-14-32)19-26(34)35-21-22-7-3-1-4-8-22/h1,3-4,7-12,25H,2,5-6,13-21H2. The van der Waals surface area contributed by atoms with Crippen LogP contribution < -0.4 is 4.90 Å². The second-order valence-corrected chi connectivity index (χ2v) is 9.43. The molecule has 8 heteroatoms. The van der Waals surface area contributed by atoms with Crippen LogP contribution in [0.5, 0.6) is 0 Å². The number of likely N-dealkylation sites (tertiary alicyclic amines) is 1. The smallest absolute Gasteiger partial charge is 0.416 e. The van der Waals surface area contributed by atoms with Crippen LogP contribution in [0.3, 0.4) is 0 Å². The number of alkyl halides is 3. The lowest BCUT2D eigenvalue weighted by Crippen LogP contribution is -2.53. The first-order valence-corrected chi connectivity index (χ1v) is 12.5. The maximum atomic E-state index is 12.9. The summed E-state index contributed by atoms with van der Waals surface area (Å²) >= 11 is 0. The number of carbonyl (C=O) groups excluding carboxylic acids is 1. The molecule has 5 nitrogen and oxygen atoms in total. The van der Waals surface area contributed by atoms with Crippen LogP contribution in [0.4, 0.5) is 18.9 Å². The van der Waals surface area contributed by atoms with Gasteiger partial charge >= 0.3 is 12.1 Å². The highest BCUT2D eigenvalue weighted by molar-refractivity contribution is 5.70. The summed E-state index contributed by atoms with van der Waals surface area (Å²) in [5.41, 5.74) is 1.17. The second kappa shape index (κ2) is 11.9. The third-order valence-electron chi connectivity index (χ3n) is 6.95. The molecule has 0 aromatic heterocycles. The summed E-state index contributed by atoms with van der Waals surface area (Å²) in [6.07, 6.45) is -0.420. The van der Waals surface area contributed by atoms with Gasteiger partial charge in [-0.2, -0.15) is 13.2 Å². The van der Waals surface area contributed by atoms with E-state index in [4.69, 9.17) is 4.74 Å². The van der Waals surface area contributed by atoms with E-state index in [0.717, 1.165) is 82.0 Å². The van der Waals surface area contributed by atoms with Gasteiger partial charge in [0.15, 0.2) is 0 Å². The van der Waals surface area contributed by atoms with Crippen molar-refractivity contribution in [1.82, 2.24) is 9.80 Å². The van der Waals surface area contributed by atoms with Gasteiger partial charge in [-0.25, -0.2) is 0 Å². The van der Waals surface area contributed by atoms with Crippen LogP contribution >= 0.6 is 0 Å². The monoisotopic (exact) mass is 489 g/mol. The van der Waals surface area contributed by atoms with Crippen molar-refractivity contribution in [3.63, 3.8) is 0 Å². The Labute approximate surface area is 205 Å². The third-order valence-corrected chi connectivity index (χ3v) is 6.95. The van der Waals surface area contributed by atoms with Crippen LogP contribution in [-0.2, 0) is 22.3 Å². The number of nitrogens with zero attached hydrogens (tertiary/aromatic N) is 3. The minimum absolute atomic E-state index is 0.108. The molecule has 2 fully saturated rings. The Morgan fingerprint density at radius 3 is 2.14 bits per heavy atom. The van der Waals surface area contributed by atoms with Crippen LogP contribution in [0.25, 0.3) is 0 Å². The van der Waals surface area contributed by atoms with E-state index in [2.05, 4.69) is 14.7 Å². The molecule has 190 valence electrons. The number of hydrogen-bond donors (Lipinski definition) is 0. The zero-order chi connectivity index (χ0) is 24.7. The zero-order valence-electron chi connectivity index (χ0n) is 20.1. The Bertz CT molecular complexity index is 923. The molecular formula is C27H34F3N3O2. The summed E-state index contributed by atoms with van der Waals surface area (Å²) in [5.74, 6) is -0.173. The van der Waals surface area contributed by atoms with Gasteiger partial charge in [0.2, 0.25) is 0 Å². The van der Waals surface area contributed by atoms with E-state index in [-0.39, 0.29) is 18.6 Å². The molecule has 35 heavy (non-hydrogen) atoms. The number of rotatable bonds is 8. The van der Waals surface area contributed by atoms with E-state index in [1.165, 1.54) is 6.42 Å². The van der Waals surface area contributed by atoms with Crippen molar-refractivity contribution in [2.24, 2.45) is 0 Å². The van der Waals surface area contributed by atoms with Crippen LogP contribution in [-0.4, -0.2) is 67.6 Å². The van der Waals surface area contributed by atoms with Crippen molar-refractivity contribution in [3.8, 4) is 0 Å². The lowest BCUT2D eigenvalue weighted by atomic mass is 10.0. The number of benzene rings is 2. The van der Waals surface area contributed by atoms with Gasteiger partial charge in [0, 0.05) is 44.5 Å². The van der Waals surface area contributed by atoms with Gasteiger partial charge in [-0.15, -0.1) is 0 Å². The van der Waals surface area contributed by atoms with Gasteiger partial charge < -0.3 is 9.64 Å². The largest absolute Gasteiger partial charge is 0.461 e. The highest BCUT2D eigenvalue weighted by atomic mass is 19.4. The predicted molar refractivity (Wildman–Crippen MR) is 130 cm³/mol. The van der Waals surface area contributed by atoms with Gasteiger partial charge in [0.25, 0.3) is 0 Å². The van der Waals surface area contributed by atoms with Crippen LogP contribution in [0, 0.1) is 0 Å². The van der Waals surface area contributed by atoms with Gasteiger partial charge in [-0.3, -0.25) is 14.6 Å². The number of anilines is 1. The third kappa shape index (κ3) is 7.45. The number of ether oxygens (including phenoxy) is 1. The molecule has 0 aliphatic carbocycles. The minimum Gasteiger partial charge on any atom is -0.461 e. The molecule has 2 aliphatic rings. The van der Waals surface area contributed by atoms with E-state index in [9.17, 15) is 18.0 Å². The number of esters is 1. The summed E-state index contributed by atoms with van der Waals surface area (Å²) in [6.45, 7) is 6.20. The van der Waals surface area contributed by atoms with E-state index in [0.29, 0.717) is 6.42 Å². The number of piperidine rings is 1. The van der Waals surface area contributed by atoms with Crippen LogP contribution in [0.1, 0.15) is 36.8 Å². The van der Waals surface area contributed by atoms with Crippen molar-refractivity contribution in [3.05, 3.63) is 65.7 Å². The highest BCUT2D eigenvalue weighted by Gasteiger charge is 2.31. The van der Waals surface area contributed by atoms with Gasteiger partial charge in [-0.1, -0.05) is 36.8 Å². The number of hydrogen-bond acceptors (Lipinski definition) is 5. The van der Waals surface area contributed by atoms with Gasteiger partial charge in [-0.05, 0) is 55.8 Å². The summed E-state index contributed by atoms with van der Waals surface area (Å²) in [7, 11) is 0. The molecule has 0 spiro atoms. The SMILES string of the molecule is O=C(CC(CN1CCN(c2ccc(C(F)(F)F)cc2)CC1)N1CCCCC1)OCc1ccccc1. The number of halogens is 3. The normalized spacial score (nSPS) is 18.9. The summed E-state index contributed by atoms with van der Waals surface area (Å²) in [5, 5.41) is 0. The van der Waals surface area contributed by atoms with E-state index in [1.807, 2.05) is 30.3 Å². The first-order valence-electron chi connectivity index (χ1n) is 12.5. The molecule has 2 saturated heterocycles. The average Bonchev–Trinajstić information content (AvgIpc) is 2.88. The topological polar surface area (TPSA) is 36.0 Å². The Kier molecular flexibility index (Phi) is 8.68. The Morgan fingerprint density at radius 1 is 0.857 bits per heavy atom. The molecule has 2 aliphatic heterocycles. The van der Waals surface area contributed by atoms with Gasteiger partial charge in [0.05, 0.1) is 12.0 Å². The average molecular weight is 490 g/mol. The van der Waals surface area contributed by atoms with E-state index >= 15 is 0 Å². The van der Waals surface area contributed by atoms with Crippen LogP contribution in [0.2, 0.25) is 0 Å². The fourth-order valence-corrected chi connectivity index (χ4v) is 4.93. The van der Waals surface area contributed by atoms with Gasteiger partial charge in [0.1, 0.15) is 6.61 Å². The maximum Gasteiger partial charge on any atom is 0.416 e. The molecule has 0 amide bonds. The molecule has 2 heterocycles. The number of carbonyl (C=O) groups is 1. The first kappa shape index (κ1) is 25.5. The fraction of sp³-hybridized carbons (Fsp3) is 0.519. The second-order valence-electron chi connectivity index (χ2n) is 9.43. The molecule has 1 unspecified atom stereocenters. The van der Waals surface area contributed by atoms with Crippen molar-refractivity contribution >= 4 is 11.7 Å². The van der Waals surface area contributed by atoms with E-state index < -0.39 is 11.7 Å². The highest BCUT2D eigenvalue weighted by Crippen LogP contribution is 2.30. The minimum atomic E-state index is -4.32. The molecule has 4 rings (SSSR count). The van der Waals surface area contributed by atoms with Crippen molar-refractivity contribution in [2.75, 3.05) is 50.7 Å². The summed E-state index contributed by atoms with van der Waals surface area (Å²) in [6, 6.07) is 15.2. The zero-order valence-corrected chi connectivity index (χ0v) is 20.1. The Morgan fingerprint density at radius 2 is 1.51 bits per heavy atom. The van der Waals surface area contributed by atoms with E-state index in [1.54, 1.807) is 12.1 Å². The quantitative estimate of drug-likeness (QED) is 0.497. The molecule has 0 radical (unpaired) electrons. The van der Waals surface area contributed by atoms with Crippen molar-refractivity contribution in [1.29, 1.82) is 0 Å². The maximum absolute atomic E-state index is 12.9.